The summed E-state index contributed by atoms with van der Waals surface area (Å²) < 4.78 is 12.0. The molecule has 0 spiro atoms. The normalized spacial score (nSPS) is 12.4. The molecule has 1 N–H and O–H groups in total. The first-order valence-corrected chi connectivity index (χ1v) is 10.9. The fraction of sp³-hybridized carbons (Fsp3) is 0.333. The van der Waals surface area contributed by atoms with Gasteiger partial charge in [0.2, 0.25) is 0 Å². The van der Waals surface area contributed by atoms with Crippen LogP contribution < -0.4 is 4.65 Å². The smallest absolute Gasteiger partial charge is 0.511 e. The standard InChI is InChI=1S/C27H31BO3.H3P/c1-26(2,3)25(27(4,5)6)31-28(29)30-23-13-9-12-18-14-15-21-16-19-10-7-8-11-20(19)17-22(21)24(18)23;/h7-17,25,29H,1-6H3;1H3. The summed E-state index contributed by atoms with van der Waals surface area (Å²) in [6, 6.07) is 22.9. The Morgan fingerprint density at radius 3 is 1.91 bits per heavy atom. The van der Waals surface area contributed by atoms with Gasteiger partial charge >= 0.3 is 7.32 Å². The molecule has 0 saturated carbocycles. The molecule has 0 aromatic heterocycles. The zero-order valence-corrected chi connectivity index (χ0v) is 21.4. The maximum Gasteiger partial charge on any atom is 0.710 e. The summed E-state index contributed by atoms with van der Waals surface area (Å²) in [4.78, 5) is 0. The van der Waals surface area contributed by atoms with Crippen molar-refractivity contribution in [3.63, 3.8) is 0 Å². The van der Waals surface area contributed by atoms with Gasteiger partial charge < -0.3 is 14.3 Å². The predicted molar refractivity (Wildman–Crippen MR) is 142 cm³/mol. The van der Waals surface area contributed by atoms with E-state index in [4.69, 9.17) is 9.31 Å². The summed E-state index contributed by atoms with van der Waals surface area (Å²) in [6.07, 6.45) is -0.189. The Morgan fingerprint density at radius 1 is 0.719 bits per heavy atom. The third-order valence-electron chi connectivity index (χ3n) is 5.74. The van der Waals surface area contributed by atoms with Crippen LogP contribution in [0.25, 0.3) is 32.3 Å². The molecule has 1 atom stereocenters. The highest BCUT2D eigenvalue weighted by molar-refractivity contribution is 6.92. The molecule has 0 bridgehead atoms. The largest absolute Gasteiger partial charge is 0.710 e. The molecule has 3 nitrogen and oxygen atoms in total. The molecule has 0 fully saturated rings. The predicted octanol–water partition coefficient (Wildman–Crippen LogP) is 7.04. The number of benzene rings is 4. The zero-order chi connectivity index (χ0) is 22.4. The van der Waals surface area contributed by atoms with E-state index in [9.17, 15) is 5.02 Å². The lowest BCUT2D eigenvalue weighted by molar-refractivity contribution is -0.0300. The number of hydrogen-bond acceptors (Lipinski definition) is 3. The second-order valence-electron chi connectivity index (χ2n) is 10.5. The van der Waals surface area contributed by atoms with Crippen LogP contribution in [0, 0.1) is 10.8 Å². The van der Waals surface area contributed by atoms with Gasteiger partial charge in [-0.05, 0) is 56.0 Å². The molecule has 168 valence electrons. The van der Waals surface area contributed by atoms with Crippen molar-refractivity contribution in [2.24, 2.45) is 10.8 Å². The minimum Gasteiger partial charge on any atom is -0.511 e. The number of fused-ring (bicyclic) bond motifs is 4. The molecule has 5 heteroatoms. The highest BCUT2D eigenvalue weighted by Crippen LogP contribution is 2.38. The summed E-state index contributed by atoms with van der Waals surface area (Å²) in [5.41, 5.74) is -0.292. The molecule has 0 aliphatic heterocycles. The minimum atomic E-state index is -1.36. The third-order valence-corrected chi connectivity index (χ3v) is 5.74. The SMILES string of the molecule is CC(C)(C)C(OB(O)Oc1cccc2ccc3cc4ccccc4cc3c12)C(C)(C)C.P. The summed E-state index contributed by atoms with van der Waals surface area (Å²) in [5.74, 6) is 0.618. The fourth-order valence-electron chi connectivity index (χ4n) is 4.83. The Bertz CT molecular complexity index is 1230. The van der Waals surface area contributed by atoms with Crippen LogP contribution >= 0.6 is 9.90 Å². The maximum absolute atomic E-state index is 10.8. The Labute approximate surface area is 194 Å². The van der Waals surface area contributed by atoms with Gasteiger partial charge in [0.1, 0.15) is 5.75 Å². The van der Waals surface area contributed by atoms with Gasteiger partial charge in [-0.1, -0.05) is 90.1 Å². The van der Waals surface area contributed by atoms with Crippen LogP contribution in [0.4, 0.5) is 0 Å². The Hall–Kier alpha value is -2.13. The minimum absolute atomic E-state index is 0. The van der Waals surface area contributed by atoms with E-state index in [1.165, 1.54) is 10.8 Å². The van der Waals surface area contributed by atoms with Gasteiger partial charge in [0.25, 0.3) is 0 Å². The number of rotatable bonds is 4. The van der Waals surface area contributed by atoms with E-state index < -0.39 is 7.32 Å². The molecule has 4 aromatic carbocycles. The Kier molecular flexibility index (Phi) is 6.91. The molecule has 0 aliphatic carbocycles. The van der Waals surface area contributed by atoms with Gasteiger partial charge in [-0.3, -0.25) is 0 Å². The van der Waals surface area contributed by atoms with Crippen molar-refractivity contribution in [2.45, 2.75) is 47.6 Å². The molecule has 4 rings (SSSR count). The van der Waals surface area contributed by atoms with E-state index >= 15 is 0 Å². The van der Waals surface area contributed by atoms with Gasteiger partial charge in [0.15, 0.2) is 0 Å². The van der Waals surface area contributed by atoms with E-state index in [2.05, 4.69) is 90.1 Å². The van der Waals surface area contributed by atoms with Gasteiger partial charge in [-0.25, -0.2) is 0 Å². The molecule has 0 radical (unpaired) electrons. The third kappa shape index (κ3) is 4.93. The van der Waals surface area contributed by atoms with E-state index in [1.54, 1.807) is 0 Å². The average molecular weight is 448 g/mol. The molecular weight excluding hydrogens is 414 g/mol. The molecule has 1 unspecified atom stereocenters. The zero-order valence-electron chi connectivity index (χ0n) is 20.0. The van der Waals surface area contributed by atoms with Gasteiger partial charge in [-0.15, -0.1) is 0 Å². The summed E-state index contributed by atoms with van der Waals surface area (Å²) in [6.45, 7) is 12.7. The van der Waals surface area contributed by atoms with Crippen molar-refractivity contribution in [1.82, 2.24) is 0 Å². The van der Waals surface area contributed by atoms with Crippen LogP contribution in [0.15, 0.2) is 66.7 Å². The molecule has 32 heavy (non-hydrogen) atoms. The van der Waals surface area contributed by atoms with Crippen LogP contribution in [0.5, 0.6) is 5.75 Å². The Balaban J connectivity index is 0.00000289. The first-order chi connectivity index (χ1) is 14.5. The highest BCUT2D eigenvalue weighted by Gasteiger charge is 2.40. The van der Waals surface area contributed by atoms with Gasteiger partial charge in [0.05, 0.1) is 6.10 Å². The lowest BCUT2D eigenvalue weighted by Crippen LogP contribution is -2.46. The van der Waals surface area contributed by atoms with Crippen LogP contribution in [0.2, 0.25) is 0 Å². The summed E-state index contributed by atoms with van der Waals surface area (Å²) >= 11 is 0. The topological polar surface area (TPSA) is 38.7 Å². The molecule has 0 heterocycles. The molecule has 0 aliphatic rings. The van der Waals surface area contributed by atoms with Gasteiger partial charge in [-0.2, -0.15) is 9.90 Å². The van der Waals surface area contributed by atoms with E-state index in [0.717, 1.165) is 21.5 Å². The van der Waals surface area contributed by atoms with Crippen molar-refractivity contribution in [2.75, 3.05) is 0 Å². The van der Waals surface area contributed by atoms with Gasteiger partial charge in [0, 0.05) is 5.39 Å². The molecule has 0 saturated heterocycles. The van der Waals surface area contributed by atoms with Crippen molar-refractivity contribution >= 4 is 49.5 Å². The molecule has 4 aromatic rings. The first-order valence-electron chi connectivity index (χ1n) is 10.9. The van der Waals surface area contributed by atoms with Crippen molar-refractivity contribution in [1.29, 1.82) is 0 Å². The molecular formula is C27H34BO3P. The fourth-order valence-corrected chi connectivity index (χ4v) is 4.83. The van der Waals surface area contributed by atoms with Crippen molar-refractivity contribution in [3.8, 4) is 5.75 Å². The maximum atomic E-state index is 10.8. The van der Waals surface area contributed by atoms with E-state index in [-0.39, 0.29) is 26.8 Å². The highest BCUT2D eigenvalue weighted by atomic mass is 31.0. The van der Waals surface area contributed by atoms with E-state index in [0.29, 0.717) is 5.75 Å². The quantitative estimate of drug-likeness (QED) is 0.158. The van der Waals surface area contributed by atoms with Crippen molar-refractivity contribution < 1.29 is 14.3 Å². The van der Waals surface area contributed by atoms with E-state index in [1.807, 2.05) is 18.2 Å². The summed E-state index contributed by atoms with van der Waals surface area (Å²) in [7, 11) is -1.36. The second kappa shape index (κ2) is 9.02. The average Bonchev–Trinajstić information content (AvgIpc) is 2.69. The lowest BCUT2D eigenvalue weighted by Gasteiger charge is -2.40. The van der Waals surface area contributed by atoms with Crippen LogP contribution in [0.1, 0.15) is 41.5 Å². The van der Waals surface area contributed by atoms with Crippen LogP contribution in [0.3, 0.4) is 0 Å². The lowest BCUT2D eigenvalue weighted by atomic mass is 9.73. The van der Waals surface area contributed by atoms with Crippen molar-refractivity contribution in [3.05, 3.63) is 66.7 Å². The number of hydrogen-bond donors (Lipinski definition) is 1. The monoisotopic (exact) mass is 448 g/mol. The van der Waals surface area contributed by atoms with Crippen LogP contribution in [-0.2, 0) is 4.65 Å². The summed E-state index contributed by atoms with van der Waals surface area (Å²) in [5, 5.41) is 17.4. The second-order valence-corrected chi connectivity index (χ2v) is 10.5. The molecule has 0 amide bonds. The Morgan fingerprint density at radius 2 is 1.28 bits per heavy atom. The van der Waals surface area contributed by atoms with Crippen LogP contribution in [-0.4, -0.2) is 18.4 Å². The first kappa shape index (κ1) is 24.5.